The summed E-state index contributed by atoms with van der Waals surface area (Å²) < 4.78 is 0. The number of hydrogen-bond acceptors (Lipinski definition) is 3. The van der Waals surface area contributed by atoms with E-state index in [-0.39, 0.29) is 11.7 Å². The Kier molecular flexibility index (Phi) is 2.41. The lowest BCUT2D eigenvalue weighted by molar-refractivity contribution is 0.0949. The molecule has 0 saturated heterocycles. The van der Waals surface area contributed by atoms with Gasteiger partial charge in [0.2, 0.25) is 0 Å². The molecule has 0 aliphatic carbocycles. The van der Waals surface area contributed by atoms with Gasteiger partial charge in [0.25, 0.3) is 5.91 Å². The minimum atomic E-state index is -0.0550. The Morgan fingerprint density at radius 2 is 1.78 bits per heavy atom. The topological polar surface area (TPSA) is 52.6 Å². The van der Waals surface area contributed by atoms with Crippen LogP contribution >= 0.6 is 0 Å². The van der Waals surface area contributed by atoms with E-state index in [1.54, 1.807) is 18.2 Å². The van der Waals surface area contributed by atoms with E-state index in [2.05, 4.69) is 5.32 Å². The molecule has 1 aliphatic heterocycles. The first kappa shape index (κ1) is 10.7. The van der Waals surface area contributed by atoms with E-state index in [0.717, 1.165) is 11.4 Å². The summed E-state index contributed by atoms with van der Waals surface area (Å²) in [6, 6.07) is 14.4. The lowest BCUT2D eigenvalue weighted by atomic mass is 10.1. The summed E-state index contributed by atoms with van der Waals surface area (Å²) in [7, 11) is 0. The molecule has 0 unspecified atom stereocenters. The minimum absolute atomic E-state index is 0.0550. The molecule has 3 rings (SSSR count). The van der Waals surface area contributed by atoms with Crippen LogP contribution in [-0.4, -0.2) is 17.7 Å². The molecule has 0 saturated carbocycles. The minimum Gasteiger partial charge on any atom is -0.508 e. The van der Waals surface area contributed by atoms with Gasteiger partial charge in [-0.1, -0.05) is 12.1 Å². The summed E-state index contributed by atoms with van der Waals surface area (Å²) in [6.07, 6.45) is 0. The van der Waals surface area contributed by atoms with Crippen LogP contribution in [0.1, 0.15) is 10.4 Å². The van der Waals surface area contributed by atoms with Crippen LogP contribution in [0, 0.1) is 0 Å². The summed E-state index contributed by atoms with van der Waals surface area (Å²) in [5.74, 6) is 0.175. The number of para-hydroxylation sites is 1. The Morgan fingerprint density at radius 3 is 2.56 bits per heavy atom. The summed E-state index contributed by atoms with van der Waals surface area (Å²) in [5.41, 5.74) is 2.48. The zero-order chi connectivity index (χ0) is 12.5. The number of nitrogens with one attached hydrogen (secondary N) is 1. The number of hydrogen-bond donors (Lipinski definition) is 2. The lowest BCUT2D eigenvalue weighted by Gasteiger charge is -2.31. The van der Waals surface area contributed by atoms with E-state index in [9.17, 15) is 9.90 Å². The molecule has 0 bridgehead atoms. The van der Waals surface area contributed by atoms with Gasteiger partial charge >= 0.3 is 0 Å². The molecule has 1 heterocycles. The number of aromatic hydroxyl groups is 1. The van der Waals surface area contributed by atoms with Crippen molar-refractivity contribution in [1.29, 1.82) is 0 Å². The highest BCUT2D eigenvalue weighted by atomic mass is 16.3. The van der Waals surface area contributed by atoms with Crippen LogP contribution < -0.4 is 10.2 Å². The van der Waals surface area contributed by atoms with Crippen molar-refractivity contribution in [1.82, 2.24) is 5.32 Å². The fourth-order valence-corrected chi connectivity index (χ4v) is 2.10. The Balaban J connectivity index is 2.07. The standard InChI is InChI=1S/C14H12N2O2/c17-11-7-5-10(6-8-11)16-9-15-14(18)12-3-1-2-4-13(12)16/h1-8,17H,9H2,(H,15,18). The Hall–Kier alpha value is -2.49. The molecule has 18 heavy (non-hydrogen) atoms. The molecular formula is C14H12N2O2. The number of amides is 1. The van der Waals surface area contributed by atoms with Crippen LogP contribution in [0.4, 0.5) is 11.4 Å². The second kappa shape index (κ2) is 4.07. The van der Waals surface area contributed by atoms with E-state index < -0.39 is 0 Å². The maximum absolute atomic E-state index is 11.7. The quantitative estimate of drug-likeness (QED) is 0.803. The third-order valence-corrected chi connectivity index (χ3v) is 3.00. The molecule has 90 valence electrons. The average Bonchev–Trinajstić information content (AvgIpc) is 2.41. The monoisotopic (exact) mass is 240 g/mol. The van der Waals surface area contributed by atoms with Crippen LogP contribution in [0.25, 0.3) is 0 Å². The van der Waals surface area contributed by atoms with Gasteiger partial charge in [-0.3, -0.25) is 4.79 Å². The Labute approximate surface area is 104 Å². The van der Waals surface area contributed by atoms with Gasteiger partial charge in [-0.05, 0) is 36.4 Å². The van der Waals surface area contributed by atoms with E-state index in [1.807, 2.05) is 35.2 Å². The molecule has 0 radical (unpaired) electrons. The van der Waals surface area contributed by atoms with Crippen LogP contribution in [-0.2, 0) is 0 Å². The molecule has 4 heteroatoms. The number of nitrogens with zero attached hydrogens (tertiary/aromatic N) is 1. The third kappa shape index (κ3) is 1.68. The van der Waals surface area contributed by atoms with Gasteiger partial charge in [-0.2, -0.15) is 0 Å². The van der Waals surface area contributed by atoms with E-state index in [0.29, 0.717) is 12.2 Å². The first-order valence-electron chi connectivity index (χ1n) is 5.69. The number of anilines is 2. The van der Waals surface area contributed by atoms with Crippen LogP contribution in [0.3, 0.4) is 0 Å². The highest BCUT2D eigenvalue weighted by molar-refractivity contribution is 6.02. The van der Waals surface area contributed by atoms with Crippen molar-refractivity contribution in [2.24, 2.45) is 0 Å². The van der Waals surface area contributed by atoms with Gasteiger partial charge in [-0.15, -0.1) is 0 Å². The van der Waals surface area contributed by atoms with Crippen LogP contribution in [0.2, 0.25) is 0 Å². The Bertz CT molecular complexity index is 593. The molecule has 2 aromatic carbocycles. The number of phenolic OH excluding ortho intramolecular Hbond substituents is 1. The smallest absolute Gasteiger partial charge is 0.254 e. The lowest BCUT2D eigenvalue weighted by Crippen LogP contribution is -2.40. The van der Waals surface area contributed by atoms with Gasteiger partial charge in [-0.25, -0.2) is 0 Å². The fourth-order valence-electron chi connectivity index (χ4n) is 2.10. The first-order chi connectivity index (χ1) is 8.75. The van der Waals surface area contributed by atoms with Crippen molar-refractivity contribution in [3.8, 4) is 5.75 Å². The number of carbonyl (C=O) groups excluding carboxylic acids is 1. The van der Waals surface area contributed by atoms with Crippen molar-refractivity contribution in [3.63, 3.8) is 0 Å². The molecule has 1 aliphatic rings. The zero-order valence-electron chi connectivity index (χ0n) is 9.63. The second-order valence-corrected chi connectivity index (χ2v) is 4.13. The molecule has 4 nitrogen and oxygen atoms in total. The predicted molar refractivity (Wildman–Crippen MR) is 69.0 cm³/mol. The number of phenols is 1. The summed E-state index contributed by atoms with van der Waals surface area (Å²) in [5, 5.41) is 12.1. The first-order valence-corrected chi connectivity index (χ1v) is 5.69. The van der Waals surface area contributed by atoms with Gasteiger partial charge in [0.15, 0.2) is 0 Å². The van der Waals surface area contributed by atoms with E-state index in [4.69, 9.17) is 0 Å². The highest BCUT2D eigenvalue weighted by Gasteiger charge is 2.22. The number of benzene rings is 2. The SMILES string of the molecule is O=C1NCN(c2ccc(O)cc2)c2ccccc21. The summed E-state index contributed by atoms with van der Waals surface area (Å²) >= 11 is 0. The van der Waals surface area contributed by atoms with Crippen molar-refractivity contribution < 1.29 is 9.90 Å². The molecular weight excluding hydrogens is 228 g/mol. The molecule has 0 atom stereocenters. The molecule has 2 aromatic rings. The number of fused-ring (bicyclic) bond motifs is 1. The molecule has 2 N–H and O–H groups in total. The third-order valence-electron chi connectivity index (χ3n) is 3.00. The molecule has 1 amide bonds. The molecule has 0 fully saturated rings. The second-order valence-electron chi connectivity index (χ2n) is 4.13. The van der Waals surface area contributed by atoms with E-state index in [1.165, 1.54) is 0 Å². The van der Waals surface area contributed by atoms with Crippen LogP contribution in [0.15, 0.2) is 48.5 Å². The Morgan fingerprint density at radius 1 is 1.06 bits per heavy atom. The van der Waals surface area contributed by atoms with Crippen molar-refractivity contribution in [2.75, 3.05) is 11.6 Å². The number of carbonyl (C=O) groups is 1. The maximum atomic E-state index is 11.7. The van der Waals surface area contributed by atoms with Gasteiger partial charge < -0.3 is 15.3 Å². The number of rotatable bonds is 1. The normalized spacial score (nSPS) is 14.0. The highest BCUT2D eigenvalue weighted by Crippen LogP contribution is 2.31. The van der Waals surface area contributed by atoms with Crippen LogP contribution in [0.5, 0.6) is 5.75 Å². The largest absolute Gasteiger partial charge is 0.508 e. The van der Waals surface area contributed by atoms with Gasteiger partial charge in [0.05, 0.1) is 17.9 Å². The van der Waals surface area contributed by atoms with Crippen molar-refractivity contribution in [3.05, 3.63) is 54.1 Å². The molecule has 0 aromatic heterocycles. The predicted octanol–water partition coefficient (Wildman–Crippen LogP) is 2.23. The summed E-state index contributed by atoms with van der Waals surface area (Å²) in [6.45, 7) is 0.431. The van der Waals surface area contributed by atoms with Gasteiger partial charge in [0, 0.05) is 5.69 Å². The van der Waals surface area contributed by atoms with Crippen molar-refractivity contribution >= 4 is 17.3 Å². The maximum Gasteiger partial charge on any atom is 0.254 e. The molecule has 0 spiro atoms. The fraction of sp³-hybridized carbons (Fsp3) is 0.0714. The van der Waals surface area contributed by atoms with E-state index >= 15 is 0 Å². The van der Waals surface area contributed by atoms with Crippen molar-refractivity contribution in [2.45, 2.75) is 0 Å². The summed E-state index contributed by atoms with van der Waals surface area (Å²) in [4.78, 5) is 13.7. The zero-order valence-corrected chi connectivity index (χ0v) is 9.63. The van der Waals surface area contributed by atoms with Gasteiger partial charge in [0.1, 0.15) is 5.75 Å². The average molecular weight is 240 g/mol.